The maximum Gasteiger partial charge on any atom is 0.157 e. The standard InChI is InChI=1S/C18H27NO2Si/c1-22(2,3)14-10-17-15-19-11-9-16(17)7-6-13-21-18-8-4-5-12-20-18/h9,11,15,18H,4-8,12-13H2,1-3H3. The quantitative estimate of drug-likeness (QED) is 0.470. The number of aryl methyl sites for hydroxylation is 1. The van der Waals surface area contributed by atoms with Crippen LogP contribution >= 0.6 is 0 Å². The van der Waals surface area contributed by atoms with Crippen molar-refractivity contribution in [3.8, 4) is 11.5 Å². The van der Waals surface area contributed by atoms with E-state index in [-0.39, 0.29) is 6.29 Å². The number of ether oxygens (including phenoxy) is 2. The van der Waals surface area contributed by atoms with Gasteiger partial charge in [-0.2, -0.15) is 0 Å². The van der Waals surface area contributed by atoms with Gasteiger partial charge >= 0.3 is 0 Å². The van der Waals surface area contributed by atoms with Gasteiger partial charge in [-0.05, 0) is 43.7 Å². The second-order valence-electron chi connectivity index (χ2n) is 6.80. The summed E-state index contributed by atoms with van der Waals surface area (Å²) in [5.41, 5.74) is 5.76. The van der Waals surface area contributed by atoms with E-state index in [4.69, 9.17) is 9.47 Å². The number of nitrogens with zero attached hydrogens (tertiary/aromatic N) is 1. The molecule has 1 aliphatic heterocycles. The third kappa shape index (κ3) is 6.31. The van der Waals surface area contributed by atoms with Crippen LogP contribution in [0.5, 0.6) is 0 Å². The summed E-state index contributed by atoms with van der Waals surface area (Å²) in [7, 11) is -1.35. The molecule has 0 amide bonds. The van der Waals surface area contributed by atoms with Gasteiger partial charge in [0.2, 0.25) is 0 Å². The molecule has 0 radical (unpaired) electrons. The molecule has 0 saturated carbocycles. The minimum Gasteiger partial charge on any atom is -0.353 e. The predicted octanol–water partition coefficient (Wildman–Crippen LogP) is 3.79. The molecule has 1 aliphatic rings. The Bertz CT molecular complexity index is 522. The average Bonchev–Trinajstić information content (AvgIpc) is 2.51. The lowest BCUT2D eigenvalue weighted by atomic mass is 10.1. The molecule has 1 aromatic heterocycles. The van der Waals surface area contributed by atoms with Crippen molar-refractivity contribution in [3.05, 3.63) is 29.6 Å². The molecule has 1 fully saturated rings. The molecule has 0 aliphatic carbocycles. The number of rotatable bonds is 5. The molecule has 1 aromatic rings. The molecule has 22 heavy (non-hydrogen) atoms. The Labute approximate surface area is 135 Å². The zero-order valence-corrected chi connectivity index (χ0v) is 15.0. The van der Waals surface area contributed by atoms with Crippen LogP contribution in [0.25, 0.3) is 0 Å². The fraction of sp³-hybridized carbons (Fsp3) is 0.611. The summed E-state index contributed by atoms with van der Waals surface area (Å²) in [6.45, 7) is 8.36. The van der Waals surface area contributed by atoms with Crippen LogP contribution < -0.4 is 0 Å². The lowest BCUT2D eigenvalue weighted by molar-refractivity contribution is -0.162. The molecule has 2 heterocycles. The summed E-state index contributed by atoms with van der Waals surface area (Å²) in [6.07, 6.45) is 9.12. The topological polar surface area (TPSA) is 31.4 Å². The third-order valence-corrected chi connectivity index (χ3v) is 4.39. The number of hydrogen-bond donors (Lipinski definition) is 0. The highest BCUT2D eigenvalue weighted by atomic mass is 28.3. The third-order valence-electron chi connectivity index (χ3n) is 3.52. The molecule has 0 bridgehead atoms. The first kappa shape index (κ1) is 17.2. The van der Waals surface area contributed by atoms with E-state index in [0.717, 1.165) is 44.5 Å². The van der Waals surface area contributed by atoms with Crippen LogP contribution in [-0.2, 0) is 15.9 Å². The van der Waals surface area contributed by atoms with E-state index < -0.39 is 8.07 Å². The van der Waals surface area contributed by atoms with Crippen LogP contribution in [0.3, 0.4) is 0 Å². The number of pyridine rings is 1. The Kier molecular flexibility index (Phi) is 6.63. The van der Waals surface area contributed by atoms with Gasteiger partial charge in [-0.25, -0.2) is 0 Å². The van der Waals surface area contributed by atoms with Crippen LogP contribution in [-0.4, -0.2) is 32.6 Å². The number of hydrogen-bond acceptors (Lipinski definition) is 3. The largest absolute Gasteiger partial charge is 0.353 e. The van der Waals surface area contributed by atoms with Gasteiger partial charge in [-0.3, -0.25) is 4.98 Å². The van der Waals surface area contributed by atoms with Crippen LogP contribution in [0.2, 0.25) is 19.6 Å². The SMILES string of the molecule is C[Si](C)(C)C#Cc1cnccc1CCCOC1CCCCO1. The Morgan fingerprint density at radius 1 is 1.36 bits per heavy atom. The molecule has 4 heteroatoms. The highest BCUT2D eigenvalue weighted by molar-refractivity contribution is 6.83. The van der Waals surface area contributed by atoms with Crippen molar-refractivity contribution in [2.75, 3.05) is 13.2 Å². The molecule has 0 N–H and O–H groups in total. The number of aromatic nitrogens is 1. The van der Waals surface area contributed by atoms with E-state index in [2.05, 4.69) is 42.2 Å². The highest BCUT2D eigenvalue weighted by Crippen LogP contribution is 2.15. The smallest absolute Gasteiger partial charge is 0.157 e. The van der Waals surface area contributed by atoms with Crippen molar-refractivity contribution in [1.82, 2.24) is 4.98 Å². The second kappa shape index (κ2) is 8.47. The maximum atomic E-state index is 5.79. The van der Waals surface area contributed by atoms with Crippen molar-refractivity contribution in [1.29, 1.82) is 0 Å². The first-order chi connectivity index (χ1) is 10.5. The van der Waals surface area contributed by atoms with E-state index in [9.17, 15) is 0 Å². The summed E-state index contributed by atoms with van der Waals surface area (Å²) in [5.74, 6) is 3.33. The van der Waals surface area contributed by atoms with Gasteiger partial charge in [-0.1, -0.05) is 25.6 Å². The van der Waals surface area contributed by atoms with Crippen molar-refractivity contribution < 1.29 is 9.47 Å². The van der Waals surface area contributed by atoms with E-state index in [1.165, 1.54) is 12.0 Å². The van der Waals surface area contributed by atoms with Crippen molar-refractivity contribution >= 4 is 8.07 Å². The van der Waals surface area contributed by atoms with Gasteiger partial charge in [0.1, 0.15) is 8.07 Å². The van der Waals surface area contributed by atoms with Crippen molar-refractivity contribution in [3.63, 3.8) is 0 Å². The molecule has 0 aromatic carbocycles. The minimum atomic E-state index is -1.35. The summed E-state index contributed by atoms with van der Waals surface area (Å²) in [5, 5.41) is 0. The fourth-order valence-electron chi connectivity index (χ4n) is 2.33. The monoisotopic (exact) mass is 317 g/mol. The predicted molar refractivity (Wildman–Crippen MR) is 92.3 cm³/mol. The zero-order valence-electron chi connectivity index (χ0n) is 14.0. The van der Waals surface area contributed by atoms with Gasteiger partial charge < -0.3 is 9.47 Å². The van der Waals surface area contributed by atoms with Gasteiger partial charge in [0, 0.05) is 24.6 Å². The first-order valence-electron chi connectivity index (χ1n) is 8.24. The maximum absolute atomic E-state index is 5.79. The zero-order chi connectivity index (χ0) is 15.8. The Balaban J connectivity index is 1.83. The summed E-state index contributed by atoms with van der Waals surface area (Å²) in [6, 6.07) is 2.07. The minimum absolute atomic E-state index is 0.0114. The Morgan fingerprint density at radius 3 is 2.95 bits per heavy atom. The molecule has 0 spiro atoms. The normalized spacial score (nSPS) is 18.6. The van der Waals surface area contributed by atoms with Crippen LogP contribution in [0.4, 0.5) is 0 Å². The van der Waals surface area contributed by atoms with Gasteiger partial charge in [0.25, 0.3) is 0 Å². The van der Waals surface area contributed by atoms with Crippen molar-refractivity contribution in [2.45, 2.75) is 58.0 Å². The van der Waals surface area contributed by atoms with E-state index in [0.29, 0.717) is 0 Å². The fourth-order valence-corrected chi connectivity index (χ4v) is 2.84. The molecule has 1 atom stereocenters. The summed E-state index contributed by atoms with van der Waals surface area (Å²) < 4.78 is 11.4. The van der Waals surface area contributed by atoms with Crippen LogP contribution in [0, 0.1) is 11.5 Å². The molecule has 120 valence electrons. The van der Waals surface area contributed by atoms with Gasteiger partial charge in [0.05, 0.1) is 6.61 Å². The van der Waals surface area contributed by atoms with E-state index in [1.807, 2.05) is 12.4 Å². The average molecular weight is 318 g/mol. The highest BCUT2D eigenvalue weighted by Gasteiger charge is 2.13. The van der Waals surface area contributed by atoms with Gasteiger partial charge in [-0.15, -0.1) is 5.54 Å². The van der Waals surface area contributed by atoms with Crippen LogP contribution in [0.15, 0.2) is 18.5 Å². The summed E-state index contributed by atoms with van der Waals surface area (Å²) >= 11 is 0. The molecule has 3 nitrogen and oxygen atoms in total. The van der Waals surface area contributed by atoms with E-state index >= 15 is 0 Å². The first-order valence-corrected chi connectivity index (χ1v) is 11.7. The lowest BCUT2D eigenvalue weighted by Gasteiger charge is -2.22. The second-order valence-corrected chi connectivity index (χ2v) is 11.6. The lowest BCUT2D eigenvalue weighted by Crippen LogP contribution is -2.22. The van der Waals surface area contributed by atoms with Crippen molar-refractivity contribution in [2.24, 2.45) is 0 Å². The molecular formula is C18H27NO2Si. The Morgan fingerprint density at radius 2 is 2.23 bits per heavy atom. The summed E-state index contributed by atoms with van der Waals surface area (Å²) in [4.78, 5) is 4.21. The van der Waals surface area contributed by atoms with Gasteiger partial charge in [0.15, 0.2) is 6.29 Å². The van der Waals surface area contributed by atoms with Crippen LogP contribution in [0.1, 0.15) is 36.8 Å². The van der Waals surface area contributed by atoms with E-state index in [1.54, 1.807) is 0 Å². The molecule has 2 rings (SSSR count). The Hall–Kier alpha value is -1.15. The molecular weight excluding hydrogens is 290 g/mol. The molecule has 1 saturated heterocycles. The molecule has 1 unspecified atom stereocenters.